The molecule has 11 heteroatoms. The first-order chi connectivity index (χ1) is 12.7. The summed E-state index contributed by atoms with van der Waals surface area (Å²) in [5, 5.41) is 10.2. The molecule has 1 fully saturated rings. The van der Waals surface area contributed by atoms with E-state index in [2.05, 4.69) is 10.3 Å². The van der Waals surface area contributed by atoms with Gasteiger partial charge in [-0.3, -0.25) is 9.48 Å². The van der Waals surface area contributed by atoms with Gasteiger partial charge in [-0.1, -0.05) is 5.16 Å². The van der Waals surface area contributed by atoms with Crippen molar-refractivity contribution in [1.29, 1.82) is 0 Å². The Hall–Kier alpha value is -2.56. The van der Waals surface area contributed by atoms with Gasteiger partial charge in [0.2, 0.25) is 0 Å². The smallest absolute Gasteiger partial charge is 0.378 e. The van der Waals surface area contributed by atoms with Gasteiger partial charge in [0.1, 0.15) is 29.4 Å². The maximum Gasteiger partial charge on any atom is 0.405 e. The molecule has 0 aliphatic carbocycles. The first-order valence-corrected chi connectivity index (χ1v) is 8.37. The summed E-state index contributed by atoms with van der Waals surface area (Å²) in [5.41, 5.74) is 1.31. The van der Waals surface area contributed by atoms with Crippen molar-refractivity contribution in [3.63, 3.8) is 0 Å². The van der Waals surface area contributed by atoms with Gasteiger partial charge in [-0.25, -0.2) is 0 Å². The minimum absolute atomic E-state index is 0.0233. The van der Waals surface area contributed by atoms with Crippen molar-refractivity contribution in [3.05, 3.63) is 17.0 Å². The lowest BCUT2D eigenvalue weighted by molar-refractivity contribution is -0.123. The van der Waals surface area contributed by atoms with Crippen LogP contribution in [0.3, 0.4) is 0 Å². The Morgan fingerprint density at radius 3 is 2.56 bits per heavy atom. The number of alkyl halides is 3. The number of anilines is 1. The van der Waals surface area contributed by atoms with Crippen molar-refractivity contribution >= 4 is 11.7 Å². The highest BCUT2D eigenvalue weighted by Crippen LogP contribution is 2.36. The van der Waals surface area contributed by atoms with Crippen LogP contribution in [-0.2, 0) is 11.8 Å². The second-order valence-corrected chi connectivity index (χ2v) is 6.27. The van der Waals surface area contributed by atoms with Gasteiger partial charge in [0.25, 0.3) is 5.91 Å². The molecular formula is C16H20F3N5O3. The van der Waals surface area contributed by atoms with E-state index in [-0.39, 0.29) is 17.0 Å². The predicted molar refractivity (Wildman–Crippen MR) is 89.6 cm³/mol. The van der Waals surface area contributed by atoms with Crippen LogP contribution in [0.1, 0.15) is 21.8 Å². The van der Waals surface area contributed by atoms with Crippen LogP contribution in [0.25, 0.3) is 11.3 Å². The fraction of sp³-hybridized carbons (Fsp3) is 0.562. The molecule has 1 amide bonds. The van der Waals surface area contributed by atoms with Gasteiger partial charge in [-0.15, -0.1) is 0 Å². The average molecular weight is 387 g/mol. The van der Waals surface area contributed by atoms with Crippen LogP contribution in [0, 0.1) is 13.8 Å². The van der Waals surface area contributed by atoms with E-state index in [9.17, 15) is 18.0 Å². The van der Waals surface area contributed by atoms with Gasteiger partial charge in [0.15, 0.2) is 0 Å². The topological polar surface area (TPSA) is 85.4 Å². The molecule has 1 N–H and O–H groups in total. The average Bonchev–Trinajstić information content (AvgIpc) is 3.11. The van der Waals surface area contributed by atoms with E-state index < -0.39 is 18.6 Å². The van der Waals surface area contributed by atoms with E-state index in [4.69, 9.17) is 9.26 Å². The second kappa shape index (κ2) is 7.22. The van der Waals surface area contributed by atoms with Crippen LogP contribution in [0.15, 0.2) is 4.52 Å². The van der Waals surface area contributed by atoms with E-state index in [1.807, 2.05) is 10.2 Å². The van der Waals surface area contributed by atoms with Crippen molar-refractivity contribution in [1.82, 2.24) is 20.3 Å². The standard InChI is InChI=1S/C16H20F3N5O3/c1-9-11(15(23(3)21-9)24-4-6-26-7-5-24)13-12(10(2)27-22-13)14(25)20-8-16(17,18)19/h4-8H2,1-3H3,(H,20,25). The Kier molecular flexibility index (Phi) is 5.13. The number of carbonyl (C=O) groups is 1. The zero-order valence-electron chi connectivity index (χ0n) is 15.2. The predicted octanol–water partition coefficient (Wildman–Crippen LogP) is 1.82. The molecule has 3 heterocycles. The zero-order chi connectivity index (χ0) is 19.8. The summed E-state index contributed by atoms with van der Waals surface area (Å²) >= 11 is 0. The van der Waals surface area contributed by atoms with Gasteiger partial charge in [-0.2, -0.15) is 18.3 Å². The number of nitrogens with zero attached hydrogens (tertiary/aromatic N) is 4. The van der Waals surface area contributed by atoms with Crippen molar-refractivity contribution in [2.24, 2.45) is 7.05 Å². The Labute approximate surface area is 153 Å². The van der Waals surface area contributed by atoms with Gasteiger partial charge >= 0.3 is 6.18 Å². The van der Waals surface area contributed by atoms with Crippen LogP contribution in [0.2, 0.25) is 0 Å². The van der Waals surface area contributed by atoms with E-state index >= 15 is 0 Å². The normalized spacial score (nSPS) is 15.3. The first kappa shape index (κ1) is 19.2. The highest BCUT2D eigenvalue weighted by Gasteiger charge is 2.32. The van der Waals surface area contributed by atoms with Gasteiger partial charge < -0.3 is 19.5 Å². The molecule has 1 saturated heterocycles. The third-order valence-corrected chi connectivity index (χ3v) is 4.28. The van der Waals surface area contributed by atoms with Gasteiger partial charge in [0.05, 0.1) is 24.5 Å². The molecule has 148 valence electrons. The maximum absolute atomic E-state index is 12.5. The highest BCUT2D eigenvalue weighted by molar-refractivity contribution is 6.02. The molecule has 1 aliphatic rings. The fourth-order valence-electron chi connectivity index (χ4n) is 3.14. The molecular weight excluding hydrogens is 367 g/mol. The molecule has 2 aromatic heterocycles. The van der Waals surface area contributed by atoms with Crippen LogP contribution >= 0.6 is 0 Å². The van der Waals surface area contributed by atoms with Crippen LogP contribution < -0.4 is 10.2 Å². The molecule has 0 spiro atoms. The van der Waals surface area contributed by atoms with Crippen LogP contribution in [0.5, 0.6) is 0 Å². The molecule has 0 aromatic carbocycles. The lowest BCUT2D eigenvalue weighted by Gasteiger charge is -2.29. The summed E-state index contributed by atoms with van der Waals surface area (Å²) in [6, 6.07) is 0. The number of rotatable bonds is 4. The number of hydrogen-bond donors (Lipinski definition) is 1. The van der Waals surface area contributed by atoms with Crippen molar-refractivity contribution in [2.45, 2.75) is 20.0 Å². The summed E-state index contributed by atoms with van der Waals surface area (Å²) < 4.78 is 49.6. The SMILES string of the molecule is Cc1nn(C)c(N2CCOCC2)c1-c1noc(C)c1C(=O)NCC(F)(F)F. The molecule has 8 nitrogen and oxygen atoms in total. The molecule has 2 aromatic rings. The number of morpholine rings is 1. The van der Waals surface area contributed by atoms with Gasteiger partial charge in [-0.05, 0) is 13.8 Å². The molecule has 0 radical (unpaired) electrons. The molecule has 0 atom stereocenters. The quantitative estimate of drug-likeness (QED) is 0.862. The molecule has 1 aliphatic heterocycles. The summed E-state index contributed by atoms with van der Waals surface area (Å²) in [6.45, 7) is 4.13. The largest absolute Gasteiger partial charge is 0.405 e. The van der Waals surface area contributed by atoms with E-state index in [1.165, 1.54) is 6.92 Å². The van der Waals surface area contributed by atoms with Gasteiger partial charge in [0, 0.05) is 20.1 Å². The molecule has 0 saturated carbocycles. The summed E-state index contributed by atoms with van der Waals surface area (Å²) in [5.74, 6) is -0.0351. The molecule has 3 rings (SSSR count). The Morgan fingerprint density at radius 1 is 1.26 bits per heavy atom. The summed E-state index contributed by atoms with van der Waals surface area (Å²) in [6.07, 6.45) is -4.51. The number of carbonyl (C=O) groups excluding carboxylic acids is 1. The summed E-state index contributed by atoms with van der Waals surface area (Å²) in [7, 11) is 1.76. The molecule has 0 bridgehead atoms. The number of ether oxygens (including phenoxy) is 1. The van der Waals surface area contributed by atoms with Crippen LogP contribution in [-0.4, -0.2) is 59.9 Å². The zero-order valence-corrected chi connectivity index (χ0v) is 15.2. The number of nitrogens with one attached hydrogen (secondary N) is 1. The minimum Gasteiger partial charge on any atom is -0.378 e. The van der Waals surface area contributed by atoms with E-state index in [0.717, 1.165) is 0 Å². The number of aromatic nitrogens is 3. The monoisotopic (exact) mass is 387 g/mol. The lowest BCUT2D eigenvalue weighted by atomic mass is 10.0. The third-order valence-electron chi connectivity index (χ3n) is 4.28. The lowest BCUT2D eigenvalue weighted by Crippen LogP contribution is -2.37. The van der Waals surface area contributed by atoms with E-state index in [1.54, 1.807) is 18.7 Å². The number of aryl methyl sites for hydroxylation is 3. The minimum atomic E-state index is -4.51. The van der Waals surface area contributed by atoms with E-state index in [0.29, 0.717) is 43.4 Å². The molecule has 27 heavy (non-hydrogen) atoms. The van der Waals surface area contributed by atoms with Crippen molar-refractivity contribution in [3.8, 4) is 11.3 Å². The third kappa shape index (κ3) is 3.92. The second-order valence-electron chi connectivity index (χ2n) is 6.27. The summed E-state index contributed by atoms with van der Waals surface area (Å²) in [4.78, 5) is 14.4. The fourth-order valence-corrected chi connectivity index (χ4v) is 3.14. The Morgan fingerprint density at radius 2 is 1.93 bits per heavy atom. The van der Waals surface area contributed by atoms with Crippen molar-refractivity contribution in [2.75, 3.05) is 37.7 Å². The Bertz CT molecular complexity index is 837. The number of amides is 1. The molecule has 0 unspecified atom stereocenters. The van der Waals surface area contributed by atoms with Crippen LogP contribution in [0.4, 0.5) is 19.0 Å². The first-order valence-electron chi connectivity index (χ1n) is 8.37. The Balaban J connectivity index is 2.02. The highest BCUT2D eigenvalue weighted by atomic mass is 19.4. The maximum atomic E-state index is 12.5. The number of hydrogen-bond acceptors (Lipinski definition) is 6. The van der Waals surface area contributed by atoms with Crippen molar-refractivity contribution < 1.29 is 27.2 Å². The number of halogens is 3.